The molecule has 1 heterocycles. The standard InChI is InChI=1S/C15H16N2S/c1-11(2)17-10-12-4-3-5-13(8-12)15-7-6-14(9-16)18-15/h3-8,11,17H,10H2,1-2H3. The lowest BCUT2D eigenvalue weighted by molar-refractivity contribution is 0.589. The summed E-state index contributed by atoms with van der Waals surface area (Å²) in [5.41, 5.74) is 2.46. The smallest absolute Gasteiger partial charge is 0.110 e. The fourth-order valence-electron chi connectivity index (χ4n) is 1.71. The molecule has 0 aliphatic carbocycles. The van der Waals surface area contributed by atoms with Gasteiger partial charge in [0.05, 0.1) is 0 Å². The van der Waals surface area contributed by atoms with Crippen molar-refractivity contribution in [3.05, 3.63) is 46.8 Å². The number of nitrogens with zero attached hydrogens (tertiary/aromatic N) is 1. The normalized spacial score (nSPS) is 10.6. The summed E-state index contributed by atoms with van der Waals surface area (Å²) in [6, 6.07) is 15.0. The Kier molecular flexibility index (Phi) is 4.14. The molecule has 2 rings (SSSR count). The maximum Gasteiger partial charge on any atom is 0.110 e. The summed E-state index contributed by atoms with van der Waals surface area (Å²) < 4.78 is 0. The zero-order valence-electron chi connectivity index (χ0n) is 10.6. The minimum absolute atomic E-state index is 0.487. The van der Waals surface area contributed by atoms with E-state index in [2.05, 4.69) is 49.5 Å². The van der Waals surface area contributed by atoms with Crippen molar-refractivity contribution in [2.45, 2.75) is 26.4 Å². The van der Waals surface area contributed by atoms with E-state index in [0.29, 0.717) is 6.04 Å². The molecule has 1 N–H and O–H groups in total. The van der Waals surface area contributed by atoms with Crippen LogP contribution in [0, 0.1) is 11.3 Å². The molecular formula is C15H16N2S. The molecule has 2 nitrogen and oxygen atoms in total. The minimum Gasteiger partial charge on any atom is -0.310 e. The SMILES string of the molecule is CC(C)NCc1cccc(-c2ccc(C#N)s2)c1. The average Bonchev–Trinajstić information content (AvgIpc) is 2.85. The van der Waals surface area contributed by atoms with Crippen LogP contribution in [0.1, 0.15) is 24.3 Å². The Balaban J connectivity index is 2.19. The predicted molar refractivity (Wildman–Crippen MR) is 76.4 cm³/mol. The summed E-state index contributed by atoms with van der Waals surface area (Å²) in [4.78, 5) is 1.91. The van der Waals surface area contributed by atoms with Gasteiger partial charge in [-0.15, -0.1) is 11.3 Å². The zero-order chi connectivity index (χ0) is 13.0. The molecule has 0 aliphatic rings. The van der Waals surface area contributed by atoms with Gasteiger partial charge >= 0.3 is 0 Å². The van der Waals surface area contributed by atoms with Crippen molar-refractivity contribution in [2.75, 3.05) is 0 Å². The van der Waals surface area contributed by atoms with E-state index in [1.165, 1.54) is 22.5 Å². The van der Waals surface area contributed by atoms with Crippen molar-refractivity contribution >= 4 is 11.3 Å². The molecule has 1 aromatic carbocycles. The van der Waals surface area contributed by atoms with Gasteiger partial charge in [-0.2, -0.15) is 5.26 Å². The second kappa shape index (κ2) is 5.81. The van der Waals surface area contributed by atoms with Crippen LogP contribution < -0.4 is 5.32 Å². The predicted octanol–water partition coefficient (Wildman–Crippen LogP) is 3.78. The highest BCUT2D eigenvalue weighted by atomic mass is 32.1. The zero-order valence-corrected chi connectivity index (χ0v) is 11.4. The third-order valence-electron chi connectivity index (χ3n) is 2.64. The van der Waals surface area contributed by atoms with Gasteiger partial charge in [-0.3, -0.25) is 0 Å². The number of nitriles is 1. The Morgan fingerprint density at radius 1 is 1.28 bits per heavy atom. The van der Waals surface area contributed by atoms with Gasteiger partial charge in [0.1, 0.15) is 10.9 Å². The second-order valence-electron chi connectivity index (χ2n) is 4.51. The van der Waals surface area contributed by atoms with Crippen molar-refractivity contribution in [1.29, 1.82) is 5.26 Å². The van der Waals surface area contributed by atoms with Crippen LogP contribution in [0.4, 0.5) is 0 Å². The van der Waals surface area contributed by atoms with Crippen LogP contribution in [0.2, 0.25) is 0 Å². The van der Waals surface area contributed by atoms with E-state index in [1.807, 2.05) is 12.1 Å². The van der Waals surface area contributed by atoms with Gasteiger partial charge in [-0.25, -0.2) is 0 Å². The molecule has 0 amide bonds. The van der Waals surface area contributed by atoms with Gasteiger partial charge in [-0.1, -0.05) is 32.0 Å². The first-order valence-corrected chi connectivity index (χ1v) is 6.83. The van der Waals surface area contributed by atoms with E-state index in [1.54, 1.807) is 0 Å². The van der Waals surface area contributed by atoms with E-state index in [4.69, 9.17) is 5.26 Å². The molecule has 0 unspecified atom stereocenters. The Morgan fingerprint density at radius 3 is 2.78 bits per heavy atom. The summed E-state index contributed by atoms with van der Waals surface area (Å²) in [6.07, 6.45) is 0. The molecule has 3 heteroatoms. The molecule has 0 saturated heterocycles. The quantitative estimate of drug-likeness (QED) is 0.903. The first-order chi connectivity index (χ1) is 8.69. The van der Waals surface area contributed by atoms with Gasteiger partial charge in [0.25, 0.3) is 0 Å². The Hall–Kier alpha value is -1.63. The molecule has 0 radical (unpaired) electrons. The van der Waals surface area contributed by atoms with Crippen LogP contribution in [0.15, 0.2) is 36.4 Å². The largest absolute Gasteiger partial charge is 0.310 e. The molecule has 18 heavy (non-hydrogen) atoms. The maximum atomic E-state index is 8.85. The highest BCUT2D eigenvalue weighted by Gasteiger charge is 2.03. The van der Waals surface area contributed by atoms with Crippen LogP contribution >= 0.6 is 11.3 Å². The lowest BCUT2D eigenvalue weighted by atomic mass is 10.1. The van der Waals surface area contributed by atoms with E-state index >= 15 is 0 Å². The highest BCUT2D eigenvalue weighted by Crippen LogP contribution is 2.28. The van der Waals surface area contributed by atoms with Crippen molar-refractivity contribution in [3.63, 3.8) is 0 Å². The van der Waals surface area contributed by atoms with E-state index in [-0.39, 0.29) is 0 Å². The lowest BCUT2D eigenvalue weighted by Crippen LogP contribution is -2.21. The Bertz CT molecular complexity index is 564. The molecule has 0 saturated carbocycles. The van der Waals surface area contributed by atoms with Crippen LogP contribution in [-0.2, 0) is 6.54 Å². The van der Waals surface area contributed by atoms with Gasteiger partial charge in [0.2, 0.25) is 0 Å². The number of hydrogen-bond acceptors (Lipinski definition) is 3. The third-order valence-corrected chi connectivity index (χ3v) is 3.68. The summed E-state index contributed by atoms with van der Waals surface area (Å²) >= 11 is 1.54. The Labute approximate surface area is 112 Å². The van der Waals surface area contributed by atoms with Crippen molar-refractivity contribution in [2.24, 2.45) is 0 Å². The molecule has 0 bridgehead atoms. The fourth-order valence-corrected chi connectivity index (χ4v) is 2.51. The lowest BCUT2D eigenvalue weighted by Gasteiger charge is -2.08. The molecule has 2 aromatic rings. The van der Waals surface area contributed by atoms with Gasteiger partial charge < -0.3 is 5.32 Å². The Morgan fingerprint density at radius 2 is 2.11 bits per heavy atom. The van der Waals surface area contributed by atoms with E-state index < -0.39 is 0 Å². The minimum atomic E-state index is 0.487. The van der Waals surface area contributed by atoms with Crippen molar-refractivity contribution in [1.82, 2.24) is 5.32 Å². The van der Waals surface area contributed by atoms with Crippen LogP contribution in [0.25, 0.3) is 10.4 Å². The summed E-state index contributed by atoms with van der Waals surface area (Å²) in [5, 5.41) is 12.3. The fraction of sp³-hybridized carbons (Fsp3) is 0.267. The number of rotatable bonds is 4. The molecule has 0 aliphatic heterocycles. The molecule has 0 atom stereocenters. The van der Waals surface area contributed by atoms with E-state index in [0.717, 1.165) is 16.3 Å². The maximum absolute atomic E-state index is 8.85. The number of nitrogens with one attached hydrogen (secondary N) is 1. The average molecular weight is 256 g/mol. The highest BCUT2D eigenvalue weighted by molar-refractivity contribution is 7.16. The van der Waals surface area contributed by atoms with Crippen LogP contribution in [0.5, 0.6) is 0 Å². The van der Waals surface area contributed by atoms with Crippen LogP contribution in [0.3, 0.4) is 0 Å². The van der Waals surface area contributed by atoms with Gasteiger partial charge in [-0.05, 0) is 29.3 Å². The number of thiophene rings is 1. The second-order valence-corrected chi connectivity index (χ2v) is 5.60. The molecular weight excluding hydrogens is 240 g/mol. The van der Waals surface area contributed by atoms with E-state index in [9.17, 15) is 0 Å². The van der Waals surface area contributed by atoms with Crippen LogP contribution in [-0.4, -0.2) is 6.04 Å². The topological polar surface area (TPSA) is 35.8 Å². The number of hydrogen-bond donors (Lipinski definition) is 1. The third kappa shape index (κ3) is 3.19. The monoisotopic (exact) mass is 256 g/mol. The summed E-state index contributed by atoms with van der Waals surface area (Å²) in [7, 11) is 0. The van der Waals surface area contributed by atoms with Crippen molar-refractivity contribution in [3.8, 4) is 16.5 Å². The van der Waals surface area contributed by atoms with Crippen molar-refractivity contribution < 1.29 is 0 Å². The summed E-state index contributed by atoms with van der Waals surface area (Å²) in [5.74, 6) is 0. The molecule has 0 spiro atoms. The van der Waals surface area contributed by atoms with Gasteiger partial charge in [0.15, 0.2) is 0 Å². The first kappa shape index (κ1) is 12.8. The van der Waals surface area contributed by atoms with Gasteiger partial charge in [0, 0.05) is 17.5 Å². The molecule has 0 fully saturated rings. The summed E-state index contributed by atoms with van der Waals surface area (Å²) in [6.45, 7) is 5.16. The first-order valence-electron chi connectivity index (χ1n) is 6.01. The number of benzene rings is 1. The molecule has 92 valence electrons. The molecule has 1 aromatic heterocycles.